The maximum Gasteiger partial charge on any atom is 0.335 e. The zero-order valence-corrected chi connectivity index (χ0v) is 25.7. The fraction of sp³-hybridized carbons (Fsp3) is 0.619. The third-order valence-corrected chi connectivity index (χ3v) is 6.80. The summed E-state index contributed by atoms with van der Waals surface area (Å²) in [6, 6.07) is 0.831. The summed E-state index contributed by atoms with van der Waals surface area (Å²) in [6.45, 7) is 22.5. The standard InChI is InChI=1S/C12H24O4Si.C7H14O3Si.C2H6Si/c1-6-15-17(5,16-7-2)10-8-9-14-12(13)11(3)4;1-6(2)7(8)9-4-3-5-10-11;1-2-3/h3,6-10H2,1-2,4-5H3;1,3-5H2,2,11H3;2H,1H2,3H3. The lowest BCUT2D eigenvalue weighted by Gasteiger charge is -2.25. The van der Waals surface area contributed by atoms with Crippen LogP contribution in [0, 0.1) is 0 Å². The first-order chi connectivity index (χ1) is 14.5. The Morgan fingerprint density at radius 1 is 0.903 bits per heavy atom. The summed E-state index contributed by atoms with van der Waals surface area (Å²) >= 11 is 0. The summed E-state index contributed by atoms with van der Waals surface area (Å²) in [7, 11) is -0.189. The molecule has 0 aliphatic carbocycles. The Bertz CT molecular complexity index is 519. The number of esters is 2. The monoisotopic (exact) mass is 492 g/mol. The average molecular weight is 493 g/mol. The number of hydrogen-bond donors (Lipinski definition) is 0. The number of hydrogen-bond acceptors (Lipinski definition) is 7. The van der Waals surface area contributed by atoms with E-state index in [0.717, 1.165) is 39.6 Å². The van der Waals surface area contributed by atoms with E-state index in [9.17, 15) is 9.59 Å². The van der Waals surface area contributed by atoms with Gasteiger partial charge in [0, 0.05) is 47.6 Å². The Morgan fingerprint density at radius 2 is 1.29 bits per heavy atom. The average Bonchev–Trinajstić information content (AvgIpc) is 2.69. The summed E-state index contributed by atoms with van der Waals surface area (Å²) in [4.78, 5) is 21.9. The highest BCUT2D eigenvalue weighted by molar-refractivity contribution is 6.66. The van der Waals surface area contributed by atoms with E-state index in [-0.39, 0.29) is 11.9 Å². The van der Waals surface area contributed by atoms with E-state index in [1.165, 1.54) is 0 Å². The van der Waals surface area contributed by atoms with Crippen molar-refractivity contribution in [2.75, 3.05) is 33.0 Å². The second kappa shape index (κ2) is 23.4. The molecule has 0 radical (unpaired) electrons. The minimum atomic E-state index is -2.06. The Labute approximate surface area is 196 Å². The number of rotatable bonds is 14. The van der Waals surface area contributed by atoms with E-state index in [2.05, 4.69) is 19.7 Å². The molecule has 182 valence electrons. The third kappa shape index (κ3) is 24.8. The van der Waals surface area contributed by atoms with Gasteiger partial charge in [-0.05, 0) is 46.7 Å². The van der Waals surface area contributed by atoms with Crippen LogP contribution in [0.4, 0.5) is 0 Å². The van der Waals surface area contributed by atoms with Crippen LogP contribution in [-0.2, 0) is 32.3 Å². The lowest BCUT2D eigenvalue weighted by Crippen LogP contribution is -2.38. The van der Waals surface area contributed by atoms with E-state index in [1.54, 1.807) is 13.8 Å². The Morgan fingerprint density at radius 3 is 1.61 bits per heavy atom. The Balaban J connectivity index is -0.000000480. The van der Waals surface area contributed by atoms with E-state index in [4.69, 9.17) is 22.8 Å². The van der Waals surface area contributed by atoms with Crippen molar-refractivity contribution in [1.29, 1.82) is 0 Å². The van der Waals surface area contributed by atoms with Gasteiger partial charge < -0.3 is 22.8 Å². The molecule has 0 amide bonds. The van der Waals surface area contributed by atoms with Crippen LogP contribution in [0.2, 0.25) is 12.6 Å². The van der Waals surface area contributed by atoms with Crippen LogP contribution in [0.25, 0.3) is 0 Å². The van der Waals surface area contributed by atoms with Crippen LogP contribution in [0.3, 0.4) is 0 Å². The van der Waals surface area contributed by atoms with Gasteiger partial charge in [0.25, 0.3) is 0 Å². The van der Waals surface area contributed by atoms with Crippen molar-refractivity contribution in [2.45, 2.75) is 53.1 Å². The van der Waals surface area contributed by atoms with Gasteiger partial charge in [-0.2, -0.15) is 0 Å². The zero-order valence-electron chi connectivity index (χ0n) is 20.7. The van der Waals surface area contributed by atoms with Crippen LogP contribution in [0.15, 0.2) is 36.6 Å². The molecule has 0 aromatic rings. The SMILES string of the molecule is C=C(C)C(=O)OCCCO[SiH3].C=C(C)C(=O)OCCC[Si](C)(OCC)OCC.C=C[SiH3]. The molecule has 0 aromatic carbocycles. The lowest BCUT2D eigenvalue weighted by atomic mass is 10.4. The van der Waals surface area contributed by atoms with Gasteiger partial charge in [-0.1, -0.05) is 13.2 Å². The second-order valence-corrected chi connectivity index (χ2v) is 11.4. The van der Waals surface area contributed by atoms with Crippen molar-refractivity contribution in [3.63, 3.8) is 0 Å². The van der Waals surface area contributed by atoms with Crippen molar-refractivity contribution in [2.24, 2.45) is 0 Å². The van der Waals surface area contributed by atoms with Crippen LogP contribution in [0.5, 0.6) is 0 Å². The molecule has 0 fully saturated rings. The summed E-state index contributed by atoms with van der Waals surface area (Å²) in [5.41, 5.74) is 2.76. The van der Waals surface area contributed by atoms with Crippen LogP contribution < -0.4 is 0 Å². The number of carbonyl (C=O) groups excluding carboxylic acids is 2. The predicted molar refractivity (Wildman–Crippen MR) is 136 cm³/mol. The number of carbonyl (C=O) groups is 2. The van der Waals surface area contributed by atoms with Crippen LogP contribution >= 0.6 is 0 Å². The van der Waals surface area contributed by atoms with Gasteiger partial charge in [0.05, 0.1) is 13.2 Å². The summed E-state index contributed by atoms with van der Waals surface area (Å²) in [5.74, 6) is -0.653. The fourth-order valence-corrected chi connectivity index (χ4v) is 4.64. The molecule has 0 bridgehead atoms. The molecule has 0 rings (SSSR count). The van der Waals surface area contributed by atoms with E-state index < -0.39 is 8.56 Å². The third-order valence-electron chi connectivity index (χ3n) is 3.33. The van der Waals surface area contributed by atoms with E-state index >= 15 is 0 Å². The van der Waals surface area contributed by atoms with Crippen molar-refractivity contribution in [3.05, 3.63) is 36.6 Å². The highest BCUT2D eigenvalue weighted by Gasteiger charge is 2.30. The lowest BCUT2D eigenvalue weighted by molar-refractivity contribution is -0.139. The molecule has 0 heterocycles. The molecule has 0 saturated carbocycles. The molecule has 0 aromatic heterocycles. The molecule has 0 saturated heterocycles. The van der Waals surface area contributed by atoms with Gasteiger partial charge in [0.2, 0.25) is 0 Å². The summed E-state index contributed by atoms with van der Waals surface area (Å²) in [5, 5.41) is 0. The first-order valence-corrected chi connectivity index (χ1v) is 15.0. The van der Waals surface area contributed by atoms with Crippen molar-refractivity contribution in [1.82, 2.24) is 0 Å². The fourth-order valence-electron chi connectivity index (χ4n) is 1.97. The molecular weight excluding hydrogens is 448 g/mol. The van der Waals surface area contributed by atoms with Gasteiger partial charge in [-0.25, -0.2) is 9.59 Å². The molecule has 0 unspecified atom stereocenters. The molecule has 0 atom stereocenters. The van der Waals surface area contributed by atoms with E-state index in [1.807, 2.05) is 26.1 Å². The molecular formula is C21H44O7Si3. The summed E-state index contributed by atoms with van der Waals surface area (Å²) < 4.78 is 26.1. The quantitative estimate of drug-likeness (QED) is 0.159. The van der Waals surface area contributed by atoms with Crippen LogP contribution in [-0.4, -0.2) is 74.3 Å². The van der Waals surface area contributed by atoms with Crippen molar-refractivity contribution >= 4 is 41.2 Å². The molecule has 10 heteroatoms. The maximum atomic E-state index is 11.1. The molecule has 7 nitrogen and oxygen atoms in total. The molecule has 31 heavy (non-hydrogen) atoms. The van der Waals surface area contributed by atoms with Crippen molar-refractivity contribution < 1.29 is 32.3 Å². The van der Waals surface area contributed by atoms with Crippen molar-refractivity contribution in [3.8, 4) is 0 Å². The topological polar surface area (TPSA) is 80.3 Å². The van der Waals surface area contributed by atoms with Gasteiger partial charge in [-0.3, -0.25) is 0 Å². The minimum absolute atomic E-state index is 0.321. The summed E-state index contributed by atoms with van der Waals surface area (Å²) in [6.07, 6.45) is 1.53. The smallest absolute Gasteiger partial charge is 0.335 e. The van der Waals surface area contributed by atoms with Gasteiger partial charge >= 0.3 is 20.5 Å². The molecule has 0 aliphatic heterocycles. The normalized spacial score (nSPS) is 10.1. The first kappa shape index (κ1) is 34.3. The second-order valence-electron chi connectivity index (χ2n) is 6.69. The molecule has 0 spiro atoms. The predicted octanol–water partition coefficient (Wildman–Crippen LogP) is 1.93. The molecule has 0 aliphatic rings. The Kier molecular flexibility index (Phi) is 25.8. The molecule has 0 N–H and O–H groups in total. The highest BCUT2D eigenvalue weighted by atomic mass is 28.4. The van der Waals surface area contributed by atoms with E-state index in [0.29, 0.717) is 44.2 Å². The Hall–Kier alpha value is -1.31. The maximum absolute atomic E-state index is 11.1. The van der Waals surface area contributed by atoms with Gasteiger partial charge in [-0.15, -0.1) is 12.3 Å². The largest absolute Gasteiger partial charge is 0.462 e. The number of ether oxygens (including phenoxy) is 2. The van der Waals surface area contributed by atoms with Crippen LogP contribution in [0.1, 0.15) is 40.5 Å². The van der Waals surface area contributed by atoms with Gasteiger partial charge in [0.15, 0.2) is 0 Å². The zero-order chi connectivity index (χ0) is 24.7. The van der Waals surface area contributed by atoms with Gasteiger partial charge in [0.1, 0.15) is 10.5 Å². The highest BCUT2D eigenvalue weighted by Crippen LogP contribution is 2.16. The first-order valence-electron chi connectivity index (χ1n) is 10.5. The minimum Gasteiger partial charge on any atom is -0.462 e.